The number of sulfonamides is 1. The minimum atomic E-state index is -3.51. The van der Waals surface area contributed by atoms with Crippen LogP contribution in [0.25, 0.3) is 0 Å². The summed E-state index contributed by atoms with van der Waals surface area (Å²) in [4.78, 5) is 0.842. The van der Waals surface area contributed by atoms with Gasteiger partial charge >= 0.3 is 0 Å². The number of unbranched alkanes of at least 4 members (excludes halogenated alkanes) is 2. The molecule has 1 heterocycles. The van der Waals surface area contributed by atoms with Gasteiger partial charge in [-0.25, -0.2) is 13.1 Å². The molecule has 0 spiro atoms. The van der Waals surface area contributed by atoms with Gasteiger partial charge in [0.15, 0.2) is 0 Å². The average molecular weight is 370 g/mol. The SMILES string of the molecule is CCCCCC(C)NS(=O)(=O)c1cc(CO)sc1Br. The largest absolute Gasteiger partial charge is 0.391 e. The van der Waals surface area contributed by atoms with E-state index in [1.165, 1.54) is 17.4 Å². The van der Waals surface area contributed by atoms with Crippen LogP contribution in [-0.4, -0.2) is 19.6 Å². The molecule has 0 aliphatic carbocycles. The van der Waals surface area contributed by atoms with Crippen molar-refractivity contribution in [3.05, 3.63) is 14.7 Å². The Bertz CT molecular complexity index is 499. The maximum absolute atomic E-state index is 12.2. The Kier molecular flexibility index (Phi) is 6.96. The zero-order chi connectivity index (χ0) is 14.5. The molecule has 0 aliphatic rings. The lowest BCUT2D eigenvalue weighted by molar-refractivity contribution is 0.285. The minimum Gasteiger partial charge on any atom is -0.391 e. The molecule has 1 aromatic heterocycles. The van der Waals surface area contributed by atoms with Gasteiger partial charge in [-0.05, 0) is 35.3 Å². The molecule has 0 aromatic carbocycles. The van der Waals surface area contributed by atoms with Gasteiger partial charge in [0.05, 0.1) is 10.4 Å². The zero-order valence-corrected chi connectivity index (χ0v) is 14.4. The molecule has 110 valence electrons. The third-order valence-corrected chi connectivity index (χ3v) is 6.58. The van der Waals surface area contributed by atoms with Crippen molar-refractivity contribution >= 4 is 37.3 Å². The van der Waals surface area contributed by atoms with Gasteiger partial charge in [-0.2, -0.15) is 0 Å². The Morgan fingerprint density at radius 1 is 1.47 bits per heavy atom. The summed E-state index contributed by atoms with van der Waals surface area (Å²) < 4.78 is 27.6. The summed E-state index contributed by atoms with van der Waals surface area (Å²) in [7, 11) is -3.51. The van der Waals surface area contributed by atoms with Crippen molar-refractivity contribution in [3.8, 4) is 0 Å². The van der Waals surface area contributed by atoms with Crippen molar-refractivity contribution in [1.29, 1.82) is 0 Å². The lowest BCUT2D eigenvalue weighted by Crippen LogP contribution is -2.32. The molecule has 0 saturated carbocycles. The van der Waals surface area contributed by atoms with Crippen LogP contribution in [-0.2, 0) is 16.6 Å². The van der Waals surface area contributed by atoms with Crippen LogP contribution in [0.1, 0.15) is 44.4 Å². The fourth-order valence-corrected chi connectivity index (χ4v) is 5.57. The molecule has 0 aliphatic heterocycles. The summed E-state index contributed by atoms with van der Waals surface area (Å²) >= 11 is 4.47. The smallest absolute Gasteiger partial charge is 0.242 e. The highest BCUT2D eigenvalue weighted by atomic mass is 79.9. The molecule has 1 aromatic rings. The average Bonchev–Trinajstić information content (AvgIpc) is 2.71. The summed E-state index contributed by atoms with van der Waals surface area (Å²) in [6.45, 7) is 3.85. The highest BCUT2D eigenvalue weighted by Gasteiger charge is 2.22. The van der Waals surface area contributed by atoms with E-state index >= 15 is 0 Å². The number of hydrogen-bond donors (Lipinski definition) is 2. The fourth-order valence-electron chi connectivity index (χ4n) is 1.75. The molecule has 0 fully saturated rings. The molecule has 0 radical (unpaired) electrons. The van der Waals surface area contributed by atoms with Crippen molar-refractivity contribution < 1.29 is 13.5 Å². The highest BCUT2D eigenvalue weighted by molar-refractivity contribution is 9.11. The first kappa shape index (κ1) is 17.1. The molecule has 4 nitrogen and oxygen atoms in total. The van der Waals surface area contributed by atoms with E-state index in [2.05, 4.69) is 27.6 Å². The summed E-state index contributed by atoms with van der Waals surface area (Å²) in [5.74, 6) is 0. The first-order valence-electron chi connectivity index (χ1n) is 6.32. The quantitative estimate of drug-likeness (QED) is 0.691. The van der Waals surface area contributed by atoms with E-state index in [0.717, 1.165) is 25.7 Å². The first-order chi connectivity index (χ1) is 8.90. The van der Waals surface area contributed by atoms with Gasteiger partial charge < -0.3 is 5.11 Å². The van der Waals surface area contributed by atoms with Crippen LogP contribution in [0.4, 0.5) is 0 Å². The Morgan fingerprint density at radius 3 is 2.68 bits per heavy atom. The molecule has 0 amide bonds. The number of hydrogen-bond acceptors (Lipinski definition) is 4. The van der Waals surface area contributed by atoms with Crippen LogP contribution in [0, 0.1) is 0 Å². The van der Waals surface area contributed by atoms with E-state index in [-0.39, 0.29) is 17.5 Å². The number of nitrogens with one attached hydrogen (secondary N) is 1. The predicted molar refractivity (Wildman–Crippen MR) is 81.9 cm³/mol. The Balaban J connectivity index is 2.72. The summed E-state index contributed by atoms with van der Waals surface area (Å²) in [6, 6.07) is 1.43. The van der Waals surface area contributed by atoms with Crippen molar-refractivity contribution in [2.45, 2.75) is 57.1 Å². The van der Waals surface area contributed by atoms with E-state index in [1.807, 2.05) is 6.92 Å². The third kappa shape index (κ3) is 5.15. The van der Waals surface area contributed by atoms with E-state index in [0.29, 0.717) is 8.66 Å². The second-order valence-corrected chi connectivity index (χ2v) is 8.66. The van der Waals surface area contributed by atoms with E-state index in [9.17, 15) is 8.42 Å². The summed E-state index contributed by atoms with van der Waals surface area (Å²) in [5, 5.41) is 9.04. The van der Waals surface area contributed by atoms with Crippen molar-refractivity contribution in [1.82, 2.24) is 4.72 Å². The first-order valence-corrected chi connectivity index (χ1v) is 9.41. The number of rotatable bonds is 8. The maximum Gasteiger partial charge on any atom is 0.242 e. The monoisotopic (exact) mass is 369 g/mol. The molecule has 0 saturated heterocycles. The van der Waals surface area contributed by atoms with Gasteiger partial charge in [0, 0.05) is 10.9 Å². The van der Waals surface area contributed by atoms with Gasteiger partial charge in [0.25, 0.3) is 0 Å². The summed E-state index contributed by atoms with van der Waals surface area (Å²) in [6.07, 6.45) is 4.09. The molecular formula is C12H20BrNO3S2. The van der Waals surface area contributed by atoms with E-state index in [1.54, 1.807) is 0 Å². The third-order valence-electron chi connectivity index (χ3n) is 2.75. The Labute approximate surface area is 127 Å². The molecule has 0 bridgehead atoms. The van der Waals surface area contributed by atoms with Crippen LogP contribution in [0.3, 0.4) is 0 Å². The van der Waals surface area contributed by atoms with Crippen LogP contribution in [0.15, 0.2) is 14.7 Å². The van der Waals surface area contributed by atoms with Gasteiger partial charge in [0.1, 0.15) is 4.90 Å². The van der Waals surface area contributed by atoms with Crippen LogP contribution in [0.2, 0.25) is 0 Å². The normalized spacial score (nSPS) is 13.7. The predicted octanol–water partition coefficient (Wildman–Crippen LogP) is 3.25. The lowest BCUT2D eigenvalue weighted by Gasteiger charge is -2.13. The molecule has 1 unspecified atom stereocenters. The van der Waals surface area contributed by atoms with Gasteiger partial charge in [-0.1, -0.05) is 26.2 Å². The summed E-state index contributed by atoms with van der Waals surface area (Å²) in [5.41, 5.74) is 0. The van der Waals surface area contributed by atoms with Crippen molar-refractivity contribution in [2.75, 3.05) is 0 Å². The minimum absolute atomic E-state index is 0.0825. The molecule has 2 N–H and O–H groups in total. The number of aliphatic hydroxyl groups excluding tert-OH is 1. The van der Waals surface area contributed by atoms with Gasteiger partial charge in [-0.3, -0.25) is 0 Å². The number of thiophene rings is 1. The molecule has 7 heteroatoms. The molecular weight excluding hydrogens is 350 g/mol. The second kappa shape index (κ2) is 7.73. The second-order valence-electron chi connectivity index (χ2n) is 4.53. The van der Waals surface area contributed by atoms with Crippen molar-refractivity contribution in [2.24, 2.45) is 0 Å². The lowest BCUT2D eigenvalue weighted by atomic mass is 10.1. The molecule has 1 atom stereocenters. The standard InChI is InChI=1S/C12H20BrNO3S2/c1-3-4-5-6-9(2)14-19(16,17)11-7-10(8-15)18-12(11)13/h7,9,14-15H,3-6,8H2,1-2H3. The maximum atomic E-state index is 12.2. The van der Waals surface area contributed by atoms with Crippen LogP contribution < -0.4 is 4.72 Å². The number of halogens is 1. The highest BCUT2D eigenvalue weighted by Crippen LogP contribution is 2.31. The Hall–Kier alpha value is 0.0500. The number of aliphatic hydroxyl groups is 1. The molecule has 1 rings (SSSR count). The Morgan fingerprint density at radius 2 is 2.16 bits per heavy atom. The van der Waals surface area contributed by atoms with Crippen LogP contribution >= 0.6 is 27.3 Å². The van der Waals surface area contributed by atoms with E-state index < -0.39 is 10.0 Å². The molecule has 19 heavy (non-hydrogen) atoms. The fraction of sp³-hybridized carbons (Fsp3) is 0.667. The zero-order valence-electron chi connectivity index (χ0n) is 11.1. The van der Waals surface area contributed by atoms with Crippen LogP contribution in [0.5, 0.6) is 0 Å². The van der Waals surface area contributed by atoms with Gasteiger partial charge in [-0.15, -0.1) is 11.3 Å². The van der Waals surface area contributed by atoms with Gasteiger partial charge in [0.2, 0.25) is 10.0 Å². The van der Waals surface area contributed by atoms with E-state index in [4.69, 9.17) is 5.11 Å². The topological polar surface area (TPSA) is 66.4 Å². The van der Waals surface area contributed by atoms with Crippen molar-refractivity contribution in [3.63, 3.8) is 0 Å².